The van der Waals surface area contributed by atoms with Crippen LogP contribution >= 0.6 is 0 Å². The predicted molar refractivity (Wildman–Crippen MR) is 70.2 cm³/mol. The number of terminal acetylenes is 1. The van der Waals surface area contributed by atoms with Crippen LogP contribution in [-0.4, -0.2) is 11.1 Å². The molecule has 2 nitrogen and oxygen atoms in total. The van der Waals surface area contributed by atoms with Gasteiger partial charge in [0.15, 0.2) is 0 Å². The lowest BCUT2D eigenvalue weighted by Gasteiger charge is -1.90. The molecule has 1 N–H and O–H groups in total. The number of aliphatic carboxylic acids is 1. The maximum Gasteiger partial charge on any atom is 0.303 e. The summed E-state index contributed by atoms with van der Waals surface area (Å²) in [6.07, 6.45) is 16.9. The van der Waals surface area contributed by atoms with E-state index in [1.807, 2.05) is 18.2 Å². The molecule has 0 amide bonds. The highest BCUT2D eigenvalue weighted by atomic mass is 16.4. The molecule has 0 aromatic rings. The van der Waals surface area contributed by atoms with Crippen molar-refractivity contribution in [3.8, 4) is 24.2 Å². The minimum absolute atomic E-state index is 0.232. The zero-order valence-electron chi connectivity index (χ0n) is 9.98. The highest BCUT2D eigenvalue weighted by Gasteiger charge is 1.93. The summed E-state index contributed by atoms with van der Waals surface area (Å²) in [5.74, 6) is 7.68. The normalized spacial score (nSPS) is 10.1. The summed E-state index contributed by atoms with van der Waals surface area (Å²) >= 11 is 0. The Hall–Kier alpha value is -1.93. The molecule has 0 saturated heterocycles. The monoisotopic (exact) mass is 230 g/mol. The lowest BCUT2D eigenvalue weighted by Crippen LogP contribution is -1.92. The van der Waals surface area contributed by atoms with Crippen LogP contribution in [0, 0.1) is 24.2 Å². The standard InChI is InChI=1S/C15H18O2/c1-2-3-4-5-6-7-8-9-10-11-12-13-14-15(16)17/h1,5-8H,3-4,11-14H2,(H,16,17)/b6-5-,8-7+. The number of carboxylic acids is 1. The SMILES string of the molecule is C#CCC/C=C\C=C\C#CCCCCC(=O)O. The maximum absolute atomic E-state index is 10.2. The molecule has 0 radical (unpaired) electrons. The summed E-state index contributed by atoms with van der Waals surface area (Å²) in [4.78, 5) is 10.2. The Kier molecular flexibility index (Phi) is 10.8. The third-order valence-electron chi connectivity index (χ3n) is 1.93. The molecular formula is C15H18O2. The zero-order valence-corrected chi connectivity index (χ0v) is 9.98. The largest absolute Gasteiger partial charge is 0.481 e. The molecule has 0 aliphatic rings. The van der Waals surface area contributed by atoms with Crippen molar-refractivity contribution in [2.45, 2.75) is 38.5 Å². The lowest BCUT2D eigenvalue weighted by atomic mass is 10.2. The van der Waals surface area contributed by atoms with Crippen LogP contribution in [-0.2, 0) is 4.79 Å². The highest BCUT2D eigenvalue weighted by molar-refractivity contribution is 5.66. The number of carbonyl (C=O) groups is 1. The Balaban J connectivity index is 3.48. The first-order valence-corrected chi connectivity index (χ1v) is 5.72. The lowest BCUT2D eigenvalue weighted by molar-refractivity contribution is -0.137. The van der Waals surface area contributed by atoms with Crippen molar-refractivity contribution in [2.24, 2.45) is 0 Å². The Morgan fingerprint density at radius 1 is 1.24 bits per heavy atom. The Morgan fingerprint density at radius 2 is 2.06 bits per heavy atom. The first-order chi connectivity index (χ1) is 8.27. The van der Waals surface area contributed by atoms with Crippen molar-refractivity contribution in [3.05, 3.63) is 24.3 Å². The van der Waals surface area contributed by atoms with Crippen LogP contribution in [0.4, 0.5) is 0 Å². The van der Waals surface area contributed by atoms with Crippen molar-refractivity contribution in [3.63, 3.8) is 0 Å². The summed E-state index contributed by atoms with van der Waals surface area (Å²) in [7, 11) is 0. The van der Waals surface area contributed by atoms with Gasteiger partial charge in [0.25, 0.3) is 0 Å². The minimum atomic E-state index is -0.741. The van der Waals surface area contributed by atoms with Crippen molar-refractivity contribution in [1.82, 2.24) is 0 Å². The molecule has 0 bridgehead atoms. The first-order valence-electron chi connectivity index (χ1n) is 5.72. The predicted octanol–water partition coefficient (Wildman–Crippen LogP) is 3.16. The third-order valence-corrected chi connectivity index (χ3v) is 1.93. The molecule has 2 heteroatoms. The molecular weight excluding hydrogens is 212 g/mol. The van der Waals surface area contributed by atoms with Gasteiger partial charge in [-0.1, -0.05) is 30.1 Å². The van der Waals surface area contributed by atoms with E-state index < -0.39 is 5.97 Å². The number of hydrogen-bond acceptors (Lipinski definition) is 1. The molecule has 0 spiro atoms. The quantitative estimate of drug-likeness (QED) is 0.414. The van der Waals surface area contributed by atoms with Crippen molar-refractivity contribution >= 4 is 5.97 Å². The smallest absolute Gasteiger partial charge is 0.303 e. The highest BCUT2D eigenvalue weighted by Crippen LogP contribution is 1.98. The Bertz CT molecular complexity index is 359. The van der Waals surface area contributed by atoms with Gasteiger partial charge in [0.1, 0.15) is 0 Å². The molecule has 17 heavy (non-hydrogen) atoms. The van der Waals surface area contributed by atoms with Crippen LogP contribution in [0.3, 0.4) is 0 Å². The summed E-state index contributed by atoms with van der Waals surface area (Å²) in [6, 6.07) is 0. The van der Waals surface area contributed by atoms with Crippen molar-refractivity contribution in [1.29, 1.82) is 0 Å². The molecule has 0 atom stereocenters. The second-order valence-electron chi connectivity index (χ2n) is 3.45. The van der Waals surface area contributed by atoms with E-state index >= 15 is 0 Å². The molecule has 0 fully saturated rings. The Morgan fingerprint density at radius 3 is 2.76 bits per heavy atom. The first kappa shape index (κ1) is 15.1. The van der Waals surface area contributed by atoms with Crippen LogP contribution in [0.25, 0.3) is 0 Å². The van der Waals surface area contributed by atoms with Crippen LogP contribution in [0.5, 0.6) is 0 Å². The molecule has 0 unspecified atom stereocenters. The summed E-state index contributed by atoms with van der Waals surface area (Å²) < 4.78 is 0. The number of rotatable bonds is 7. The van der Waals surface area contributed by atoms with Crippen LogP contribution < -0.4 is 0 Å². The van der Waals surface area contributed by atoms with E-state index in [1.54, 1.807) is 6.08 Å². The van der Waals surface area contributed by atoms with Crippen molar-refractivity contribution < 1.29 is 9.90 Å². The topological polar surface area (TPSA) is 37.3 Å². The van der Waals surface area contributed by atoms with E-state index in [0.717, 1.165) is 25.7 Å². The molecule has 0 aromatic carbocycles. The number of unbranched alkanes of at least 4 members (excludes halogenated alkanes) is 3. The Labute approximate surface area is 103 Å². The fourth-order valence-electron chi connectivity index (χ4n) is 1.07. The average molecular weight is 230 g/mol. The van der Waals surface area contributed by atoms with Gasteiger partial charge in [-0.2, -0.15) is 0 Å². The van der Waals surface area contributed by atoms with Gasteiger partial charge in [-0.3, -0.25) is 4.79 Å². The molecule has 0 aliphatic heterocycles. The van der Waals surface area contributed by atoms with Gasteiger partial charge in [0.05, 0.1) is 0 Å². The minimum Gasteiger partial charge on any atom is -0.481 e. The fourth-order valence-corrected chi connectivity index (χ4v) is 1.07. The van der Waals surface area contributed by atoms with Gasteiger partial charge in [-0.15, -0.1) is 12.3 Å². The van der Waals surface area contributed by atoms with E-state index in [2.05, 4.69) is 17.8 Å². The van der Waals surface area contributed by atoms with Crippen LogP contribution in [0.2, 0.25) is 0 Å². The molecule has 0 saturated carbocycles. The van der Waals surface area contributed by atoms with E-state index in [0.29, 0.717) is 6.42 Å². The summed E-state index contributed by atoms with van der Waals surface area (Å²) in [5, 5.41) is 8.41. The van der Waals surface area contributed by atoms with E-state index in [-0.39, 0.29) is 6.42 Å². The number of allylic oxidation sites excluding steroid dienone is 4. The van der Waals surface area contributed by atoms with E-state index in [1.165, 1.54) is 0 Å². The van der Waals surface area contributed by atoms with E-state index in [4.69, 9.17) is 11.5 Å². The van der Waals surface area contributed by atoms with E-state index in [9.17, 15) is 4.79 Å². The molecule has 0 heterocycles. The average Bonchev–Trinajstić information content (AvgIpc) is 2.30. The summed E-state index contributed by atoms with van der Waals surface area (Å²) in [6.45, 7) is 0. The number of hydrogen-bond donors (Lipinski definition) is 1. The van der Waals surface area contributed by atoms with Gasteiger partial charge >= 0.3 is 5.97 Å². The second kappa shape index (κ2) is 12.1. The summed E-state index contributed by atoms with van der Waals surface area (Å²) in [5.41, 5.74) is 0. The van der Waals surface area contributed by atoms with Gasteiger partial charge in [0, 0.05) is 19.3 Å². The molecule has 0 aromatic heterocycles. The van der Waals surface area contributed by atoms with Crippen LogP contribution in [0.15, 0.2) is 24.3 Å². The number of carboxylic acid groups (broad SMARTS) is 1. The van der Waals surface area contributed by atoms with Gasteiger partial charge < -0.3 is 5.11 Å². The maximum atomic E-state index is 10.2. The van der Waals surface area contributed by atoms with Gasteiger partial charge in [0.2, 0.25) is 0 Å². The molecule has 0 rings (SSSR count). The second-order valence-corrected chi connectivity index (χ2v) is 3.45. The fraction of sp³-hybridized carbons (Fsp3) is 0.400. The van der Waals surface area contributed by atoms with Gasteiger partial charge in [-0.05, 0) is 25.3 Å². The molecule has 90 valence electrons. The zero-order chi connectivity index (χ0) is 12.8. The van der Waals surface area contributed by atoms with Gasteiger partial charge in [-0.25, -0.2) is 0 Å². The third kappa shape index (κ3) is 14.1. The molecule has 0 aliphatic carbocycles. The van der Waals surface area contributed by atoms with Crippen molar-refractivity contribution in [2.75, 3.05) is 0 Å². The van der Waals surface area contributed by atoms with Crippen LogP contribution in [0.1, 0.15) is 38.5 Å².